The summed E-state index contributed by atoms with van der Waals surface area (Å²) in [5.74, 6) is 0.704. The van der Waals surface area contributed by atoms with Crippen molar-refractivity contribution in [2.75, 3.05) is 20.2 Å². The lowest BCUT2D eigenvalue weighted by molar-refractivity contribution is 0.110. The first-order valence-electron chi connectivity index (χ1n) is 7.72. The van der Waals surface area contributed by atoms with E-state index in [-0.39, 0.29) is 0 Å². The number of rotatable bonds is 6. The van der Waals surface area contributed by atoms with E-state index >= 15 is 0 Å². The van der Waals surface area contributed by atoms with Gasteiger partial charge in [-0.1, -0.05) is 19.4 Å². The Labute approximate surface area is 122 Å². The zero-order chi connectivity index (χ0) is 14.4. The Morgan fingerprint density at radius 3 is 3.05 bits per heavy atom. The maximum absolute atomic E-state index is 5.21. The van der Waals surface area contributed by atoms with E-state index in [1.54, 1.807) is 7.11 Å². The molecular formula is C16H27N3O. The van der Waals surface area contributed by atoms with E-state index < -0.39 is 0 Å². The summed E-state index contributed by atoms with van der Waals surface area (Å²) in [5.41, 5.74) is 1.10. The van der Waals surface area contributed by atoms with Crippen LogP contribution in [-0.2, 0) is 6.54 Å². The molecule has 2 rings (SSSR count). The van der Waals surface area contributed by atoms with E-state index in [0.717, 1.165) is 18.8 Å². The van der Waals surface area contributed by atoms with Crippen molar-refractivity contribution in [1.29, 1.82) is 0 Å². The number of hydrogen-bond acceptors (Lipinski definition) is 4. The standard InChI is InChI=1S/C16H27N3O/c1-4-17-13(2)15-9-5-6-11-19(15)12-14-8-7-10-16(18-14)20-3/h7-8,10,13,15,17H,4-6,9,11-12H2,1-3H3. The molecule has 0 radical (unpaired) electrons. The van der Waals surface area contributed by atoms with Crippen molar-refractivity contribution in [3.63, 3.8) is 0 Å². The summed E-state index contributed by atoms with van der Waals surface area (Å²) in [6.45, 7) is 7.58. The number of nitrogens with one attached hydrogen (secondary N) is 1. The van der Waals surface area contributed by atoms with Crippen LogP contribution in [0.2, 0.25) is 0 Å². The van der Waals surface area contributed by atoms with Crippen LogP contribution in [-0.4, -0.2) is 42.2 Å². The summed E-state index contributed by atoms with van der Waals surface area (Å²) in [6, 6.07) is 7.15. The van der Waals surface area contributed by atoms with Crippen LogP contribution in [0.1, 0.15) is 38.8 Å². The van der Waals surface area contributed by atoms with Crippen LogP contribution in [0, 0.1) is 0 Å². The number of likely N-dealkylation sites (tertiary alicyclic amines) is 1. The smallest absolute Gasteiger partial charge is 0.213 e. The molecule has 4 heteroatoms. The van der Waals surface area contributed by atoms with Gasteiger partial charge in [0.25, 0.3) is 0 Å². The third-order valence-electron chi connectivity index (χ3n) is 4.12. The molecule has 112 valence electrons. The largest absolute Gasteiger partial charge is 0.481 e. The molecule has 0 bridgehead atoms. The average molecular weight is 277 g/mol. The topological polar surface area (TPSA) is 37.4 Å². The van der Waals surface area contributed by atoms with Crippen molar-refractivity contribution >= 4 is 0 Å². The van der Waals surface area contributed by atoms with Crippen LogP contribution in [0.15, 0.2) is 18.2 Å². The SMILES string of the molecule is CCNC(C)C1CCCCN1Cc1cccc(OC)n1. The number of nitrogens with zero attached hydrogens (tertiary/aromatic N) is 2. The highest BCUT2D eigenvalue weighted by atomic mass is 16.5. The van der Waals surface area contributed by atoms with Crippen molar-refractivity contribution in [1.82, 2.24) is 15.2 Å². The minimum Gasteiger partial charge on any atom is -0.481 e. The Kier molecular flexibility index (Phi) is 5.80. The molecule has 1 aromatic heterocycles. The lowest BCUT2D eigenvalue weighted by Crippen LogP contribution is -2.50. The fourth-order valence-corrected chi connectivity index (χ4v) is 3.10. The first-order valence-corrected chi connectivity index (χ1v) is 7.72. The number of pyridine rings is 1. The zero-order valence-electron chi connectivity index (χ0n) is 12.9. The molecule has 20 heavy (non-hydrogen) atoms. The van der Waals surface area contributed by atoms with Crippen LogP contribution in [0.25, 0.3) is 0 Å². The predicted molar refractivity (Wildman–Crippen MR) is 82.0 cm³/mol. The van der Waals surface area contributed by atoms with E-state index in [2.05, 4.69) is 35.1 Å². The molecule has 0 spiro atoms. The van der Waals surface area contributed by atoms with E-state index in [1.807, 2.05) is 12.1 Å². The molecule has 1 N–H and O–H groups in total. The van der Waals surface area contributed by atoms with Gasteiger partial charge in [0.05, 0.1) is 12.8 Å². The Morgan fingerprint density at radius 2 is 2.30 bits per heavy atom. The summed E-state index contributed by atoms with van der Waals surface area (Å²) in [6.07, 6.45) is 3.90. The second-order valence-corrected chi connectivity index (χ2v) is 5.55. The van der Waals surface area contributed by atoms with Crippen molar-refractivity contribution < 1.29 is 4.74 Å². The van der Waals surface area contributed by atoms with Gasteiger partial charge in [-0.15, -0.1) is 0 Å². The number of hydrogen-bond donors (Lipinski definition) is 1. The third-order valence-corrected chi connectivity index (χ3v) is 4.12. The van der Waals surface area contributed by atoms with Crippen LogP contribution in [0.3, 0.4) is 0 Å². The van der Waals surface area contributed by atoms with Gasteiger partial charge in [0.2, 0.25) is 5.88 Å². The molecular weight excluding hydrogens is 250 g/mol. The Balaban J connectivity index is 2.04. The van der Waals surface area contributed by atoms with Crippen LogP contribution in [0.5, 0.6) is 5.88 Å². The lowest BCUT2D eigenvalue weighted by atomic mass is 9.96. The zero-order valence-corrected chi connectivity index (χ0v) is 12.9. The quantitative estimate of drug-likeness (QED) is 0.866. The van der Waals surface area contributed by atoms with Crippen molar-refractivity contribution in [3.05, 3.63) is 23.9 Å². The molecule has 1 aliphatic heterocycles. The minimum absolute atomic E-state index is 0.533. The van der Waals surface area contributed by atoms with Gasteiger partial charge < -0.3 is 10.1 Å². The molecule has 2 atom stereocenters. The van der Waals surface area contributed by atoms with Crippen molar-refractivity contribution in [2.24, 2.45) is 0 Å². The number of aromatic nitrogens is 1. The van der Waals surface area contributed by atoms with Crippen molar-refractivity contribution in [2.45, 2.75) is 51.7 Å². The normalized spacial score (nSPS) is 21.6. The molecule has 4 nitrogen and oxygen atoms in total. The van der Waals surface area contributed by atoms with Gasteiger partial charge in [-0.25, -0.2) is 4.98 Å². The van der Waals surface area contributed by atoms with Gasteiger partial charge >= 0.3 is 0 Å². The third kappa shape index (κ3) is 3.93. The monoisotopic (exact) mass is 277 g/mol. The van der Waals surface area contributed by atoms with Gasteiger partial charge in [0.15, 0.2) is 0 Å². The van der Waals surface area contributed by atoms with Gasteiger partial charge in [-0.05, 0) is 38.9 Å². The predicted octanol–water partition coefficient (Wildman–Crippen LogP) is 2.44. The van der Waals surface area contributed by atoms with Gasteiger partial charge in [-0.3, -0.25) is 4.90 Å². The highest BCUT2D eigenvalue weighted by molar-refractivity contribution is 5.15. The first kappa shape index (κ1) is 15.3. The van der Waals surface area contributed by atoms with E-state index in [1.165, 1.54) is 25.8 Å². The second-order valence-electron chi connectivity index (χ2n) is 5.55. The summed E-state index contributed by atoms with van der Waals surface area (Å²) in [5, 5.41) is 3.57. The maximum Gasteiger partial charge on any atom is 0.213 e. The molecule has 2 heterocycles. The number of likely N-dealkylation sites (N-methyl/N-ethyl adjacent to an activating group) is 1. The van der Waals surface area contributed by atoms with E-state index in [0.29, 0.717) is 18.0 Å². The second kappa shape index (κ2) is 7.60. The average Bonchev–Trinajstić information content (AvgIpc) is 2.48. The fraction of sp³-hybridized carbons (Fsp3) is 0.688. The lowest BCUT2D eigenvalue weighted by Gasteiger charge is -2.39. The molecule has 1 fully saturated rings. The fourth-order valence-electron chi connectivity index (χ4n) is 3.10. The van der Waals surface area contributed by atoms with Crippen LogP contribution < -0.4 is 10.1 Å². The first-order chi connectivity index (χ1) is 9.74. The number of piperidine rings is 1. The van der Waals surface area contributed by atoms with Crippen LogP contribution >= 0.6 is 0 Å². The number of methoxy groups -OCH3 is 1. The molecule has 0 aromatic carbocycles. The van der Waals surface area contributed by atoms with Gasteiger partial charge in [0, 0.05) is 24.7 Å². The molecule has 0 amide bonds. The summed E-state index contributed by atoms with van der Waals surface area (Å²) < 4.78 is 5.21. The molecule has 2 unspecified atom stereocenters. The molecule has 0 aliphatic carbocycles. The Bertz CT molecular complexity index is 410. The molecule has 1 aromatic rings. The molecule has 1 aliphatic rings. The Morgan fingerprint density at radius 1 is 1.45 bits per heavy atom. The molecule has 0 saturated carbocycles. The Hall–Kier alpha value is -1.13. The van der Waals surface area contributed by atoms with Gasteiger partial charge in [-0.2, -0.15) is 0 Å². The van der Waals surface area contributed by atoms with E-state index in [4.69, 9.17) is 4.74 Å². The van der Waals surface area contributed by atoms with Gasteiger partial charge in [0.1, 0.15) is 0 Å². The highest BCUT2D eigenvalue weighted by Gasteiger charge is 2.27. The summed E-state index contributed by atoms with van der Waals surface area (Å²) in [4.78, 5) is 7.11. The maximum atomic E-state index is 5.21. The van der Waals surface area contributed by atoms with Crippen molar-refractivity contribution in [3.8, 4) is 5.88 Å². The summed E-state index contributed by atoms with van der Waals surface area (Å²) >= 11 is 0. The minimum atomic E-state index is 0.533. The van der Waals surface area contributed by atoms with Crippen LogP contribution in [0.4, 0.5) is 0 Å². The number of ether oxygens (including phenoxy) is 1. The molecule has 1 saturated heterocycles. The van der Waals surface area contributed by atoms with E-state index in [9.17, 15) is 0 Å². The highest BCUT2D eigenvalue weighted by Crippen LogP contribution is 2.22. The summed E-state index contributed by atoms with van der Waals surface area (Å²) in [7, 11) is 1.67.